The van der Waals surface area contributed by atoms with Crippen LogP contribution in [0.1, 0.15) is 103 Å². The van der Waals surface area contributed by atoms with E-state index >= 15 is 0 Å². The quantitative estimate of drug-likeness (QED) is 0.190. The van der Waals surface area contributed by atoms with Gasteiger partial charge in [-0.05, 0) is 19.0 Å². The Morgan fingerprint density at radius 3 is 1.59 bits per heavy atom. The molecule has 0 aromatic carbocycles. The zero-order valence-electron chi connectivity index (χ0n) is 14.8. The van der Waals surface area contributed by atoms with E-state index in [2.05, 4.69) is 18.3 Å². The highest BCUT2D eigenvalue weighted by atomic mass is 15.0. The lowest BCUT2D eigenvalue weighted by Crippen LogP contribution is -2.24. The summed E-state index contributed by atoms with van der Waals surface area (Å²) in [7, 11) is 0. The van der Waals surface area contributed by atoms with Gasteiger partial charge in [0.1, 0.15) is 0 Å². The van der Waals surface area contributed by atoms with Crippen LogP contribution in [0.3, 0.4) is 0 Å². The van der Waals surface area contributed by atoms with Crippen LogP contribution in [0.15, 0.2) is 12.3 Å². The average Bonchev–Trinajstić information content (AvgIpc) is 2.50. The first kappa shape index (κ1) is 21.0. The van der Waals surface area contributed by atoms with E-state index in [1.54, 1.807) is 6.20 Å². The smallest absolute Gasteiger partial charge is 0.189 e. The molecule has 0 unspecified atom stereocenters. The van der Waals surface area contributed by atoms with Gasteiger partial charge in [-0.25, -0.2) is 0 Å². The molecule has 0 aliphatic rings. The van der Waals surface area contributed by atoms with E-state index in [9.17, 15) is 0 Å². The minimum Gasteiger partial charge on any atom is -0.370 e. The highest BCUT2D eigenvalue weighted by Crippen LogP contribution is 2.13. The third-order valence-corrected chi connectivity index (χ3v) is 4.08. The molecular formula is C19H39N3. The van der Waals surface area contributed by atoms with Gasteiger partial charge in [-0.15, -0.1) is 0 Å². The van der Waals surface area contributed by atoms with Crippen molar-refractivity contribution >= 4 is 5.96 Å². The fourth-order valence-corrected chi connectivity index (χ4v) is 2.69. The van der Waals surface area contributed by atoms with Crippen molar-refractivity contribution in [3.63, 3.8) is 0 Å². The molecule has 0 spiro atoms. The largest absolute Gasteiger partial charge is 0.370 e. The molecule has 4 N–H and O–H groups in total. The van der Waals surface area contributed by atoms with E-state index in [1.807, 2.05) is 0 Å². The number of guanidine groups is 1. The SMILES string of the molecule is CCCCCCCCCCCCCCCCC=CNC(=N)N. The maximum Gasteiger partial charge on any atom is 0.189 e. The Morgan fingerprint density at radius 2 is 1.18 bits per heavy atom. The summed E-state index contributed by atoms with van der Waals surface area (Å²) in [6.45, 7) is 2.28. The monoisotopic (exact) mass is 309 g/mol. The zero-order chi connectivity index (χ0) is 16.3. The third kappa shape index (κ3) is 19.0. The second kappa shape index (κ2) is 18.1. The third-order valence-electron chi connectivity index (χ3n) is 4.08. The van der Waals surface area contributed by atoms with Crippen LogP contribution < -0.4 is 11.1 Å². The summed E-state index contributed by atoms with van der Waals surface area (Å²) in [6.07, 6.45) is 24.5. The number of nitrogens with two attached hydrogens (primary N) is 1. The van der Waals surface area contributed by atoms with Crippen molar-refractivity contribution in [2.45, 2.75) is 103 Å². The molecule has 0 radical (unpaired) electrons. The Hall–Kier alpha value is -0.990. The number of unbranched alkanes of at least 4 members (excludes halogenated alkanes) is 14. The summed E-state index contributed by atoms with van der Waals surface area (Å²) in [6, 6.07) is 0. The van der Waals surface area contributed by atoms with Gasteiger partial charge in [-0.3, -0.25) is 5.41 Å². The molecule has 0 heterocycles. The van der Waals surface area contributed by atoms with Crippen LogP contribution in [-0.4, -0.2) is 5.96 Å². The lowest BCUT2D eigenvalue weighted by molar-refractivity contribution is 0.536. The van der Waals surface area contributed by atoms with Gasteiger partial charge in [0.05, 0.1) is 0 Å². The van der Waals surface area contributed by atoms with Gasteiger partial charge in [0.2, 0.25) is 0 Å². The van der Waals surface area contributed by atoms with Gasteiger partial charge in [-0.1, -0.05) is 96.5 Å². The van der Waals surface area contributed by atoms with Gasteiger partial charge >= 0.3 is 0 Å². The van der Waals surface area contributed by atoms with Crippen molar-refractivity contribution in [1.29, 1.82) is 5.41 Å². The van der Waals surface area contributed by atoms with Crippen LogP contribution in [0.25, 0.3) is 0 Å². The van der Waals surface area contributed by atoms with E-state index in [4.69, 9.17) is 11.1 Å². The molecule has 3 heteroatoms. The molecule has 0 atom stereocenters. The van der Waals surface area contributed by atoms with E-state index in [1.165, 1.54) is 89.9 Å². The van der Waals surface area contributed by atoms with Crippen LogP contribution >= 0.6 is 0 Å². The zero-order valence-corrected chi connectivity index (χ0v) is 14.8. The maximum absolute atomic E-state index is 7.00. The summed E-state index contributed by atoms with van der Waals surface area (Å²) in [5.41, 5.74) is 5.18. The Morgan fingerprint density at radius 1 is 0.773 bits per heavy atom. The van der Waals surface area contributed by atoms with Gasteiger partial charge in [0, 0.05) is 0 Å². The number of allylic oxidation sites excluding steroid dienone is 1. The lowest BCUT2D eigenvalue weighted by atomic mass is 10.0. The molecule has 0 rings (SSSR count). The van der Waals surface area contributed by atoms with Crippen molar-refractivity contribution in [3.05, 3.63) is 12.3 Å². The molecule has 0 aliphatic heterocycles. The van der Waals surface area contributed by atoms with Crippen LogP contribution in [0.5, 0.6) is 0 Å². The lowest BCUT2D eigenvalue weighted by Gasteiger charge is -2.02. The number of hydrogen-bond donors (Lipinski definition) is 3. The van der Waals surface area contributed by atoms with Crippen molar-refractivity contribution < 1.29 is 0 Å². The first-order valence-corrected chi connectivity index (χ1v) is 9.53. The van der Waals surface area contributed by atoms with E-state index < -0.39 is 0 Å². The van der Waals surface area contributed by atoms with Crippen LogP contribution in [-0.2, 0) is 0 Å². The molecule has 0 aromatic heterocycles. The highest BCUT2D eigenvalue weighted by Gasteiger charge is 1.93. The molecule has 0 amide bonds. The minimum absolute atomic E-state index is 0.0113. The average molecular weight is 310 g/mol. The standard InChI is InChI=1S/C19H39N3/c1-2-3-4-5-6-7-8-9-10-11-12-13-14-15-16-17-18-22-19(20)21/h17-18H,2-16H2,1H3,(H4,20,21,22). The van der Waals surface area contributed by atoms with Gasteiger partial charge in [-0.2, -0.15) is 0 Å². The molecule has 3 nitrogen and oxygen atoms in total. The number of rotatable bonds is 16. The molecule has 0 fully saturated rings. The number of hydrogen-bond acceptors (Lipinski definition) is 1. The Kier molecular flexibility index (Phi) is 17.2. The fraction of sp³-hybridized carbons (Fsp3) is 0.842. The molecule has 0 saturated heterocycles. The maximum atomic E-state index is 7.00. The summed E-state index contributed by atoms with van der Waals surface area (Å²) in [5, 5.41) is 9.68. The van der Waals surface area contributed by atoms with Crippen molar-refractivity contribution in [2.75, 3.05) is 0 Å². The molecular weight excluding hydrogens is 270 g/mol. The van der Waals surface area contributed by atoms with Crippen molar-refractivity contribution in [2.24, 2.45) is 5.73 Å². The van der Waals surface area contributed by atoms with Gasteiger partial charge in [0.15, 0.2) is 5.96 Å². The molecule has 0 aliphatic carbocycles. The second-order valence-electron chi connectivity index (χ2n) is 6.35. The molecule has 0 saturated carbocycles. The van der Waals surface area contributed by atoms with E-state index in [-0.39, 0.29) is 5.96 Å². The minimum atomic E-state index is 0.0113. The molecule has 0 aromatic rings. The molecule has 130 valence electrons. The predicted octanol–water partition coefficient (Wildman–Crippen LogP) is 5.85. The summed E-state index contributed by atoms with van der Waals surface area (Å²) in [4.78, 5) is 0. The highest BCUT2D eigenvalue weighted by molar-refractivity contribution is 5.75. The molecule has 0 bridgehead atoms. The number of nitrogens with one attached hydrogen (secondary N) is 2. The fourth-order valence-electron chi connectivity index (χ4n) is 2.69. The summed E-state index contributed by atoms with van der Waals surface area (Å²) in [5.74, 6) is 0.0113. The molecule has 22 heavy (non-hydrogen) atoms. The first-order valence-electron chi connectivity index (χ1n) is 9.53. The van der Waals surface area contributed by atoms with Crippen LogP contribution in [0.4, 0.5) is 0 Å². The Balaban J connectivity index is 3.02. The van der Waals surface area contributed by atoms with E-state index in [0.29, 0.717) is 0 Å². The summed E-state index contributed by atoms with van der Waals surface area (Å²) >= 11 is 0. The topological polar surface area (TPSA) is 61.9 Å². The first-order chi connectivity index (χ1) is 10.8. The van der Waals surface area contributed by atoms with Crippen molar-refractivity contribution in [1.82, 2.24) is 5.32 Å². The van der Waals surface area contributed by atoms with Crippen LogP contribution in [0.2, 0.25) is 0 Å². The summed E-state index contributed by atoms with van der Waals surface area (Å²) < 4.78 is 0. The Bertz CT molecular complexity index is 261. The van der Waals surface area contributed by atoms with E-state index in [0.717, 1.165) is 6.42 Å². The van der Waals surface area contributed by atoms with Gasteiger partial charge in [0.25, 0.3) is 0 Å². The second-order valence-corrected chi connectivity index (χ2v) is 6.35. The normalized spacial score (nSPS) is 11.1. The van der Waals surface area contributed by atoms with Crippen LogP contribution in [0, 0.1) is 5.41 Å². The Labute approximate surface area is 138 Å². The predicted molar refractivity (Wildman–Crippen MR) is 99.1 cm³/mol. The van der Waals surface area contributed by atoms with Gasteiger partial charge < -0.3 is 11.1 Å². The van der Waals surface area contributed by atoms with Crippen molar-refractivity contribution in [3.8, 4) is 0 Å².